The van der Waals surface area contributed by atoms with Crippen molar-refractivity contribution in [1.82, 2.24) is 4.90 Å². The zero-order chi connectivity index (χ0) is 27.4. The zero-order valence-corrected chi connectivity index (χ0v) is 23.4. The second-order valence-electron chi connectivity index (χ2n) is 11.2. The van der Waals surface area contributed by atoms with Gasteiger partial charge in [0.05, 0.1) is 0 Å². The standard InChI is InChI=1S/C32H39N3O3/c1-22(2)24-10-12-25(13-11-24)29-23(3)8-7-9-28(29)30(36)33-26-14-16-27(17-15-26)34-18-20-35(21-19-34)31(37)38-32(4,5)6/h7-17,22H,18-21H2,1-6H3,(H,33,36). The van der Waals surface area contributed by atoms with Gasteiger partial charge in [-0.25, -0.2) is 4.79 Å². The van der Waals surface area contributed by atoms with Gasteiger partial charge in [0.1, 0.15) is 5.60 Å². The third-order valence-corrected chi connectivity index (χ3v) is 6.81. The number of nitrogens with one attached hydrogen (secondary N) is 1. The van der Waals surface area contributed by atoms with Gasteiger partial charge in [-0.15, -0.1) is 0 Å². The van der Waals surface area contributed by atoms with Gasteiger partial charge >= 0.3 is 6.09 Å². The van der Waals surface area contributed by atoms with E-state index >= 15 is 0 Å². The predicted molar refractivity (Wildman–Crippen MR) is 155 cm³/mol. The normalized spacial score (nSPS) is 14.0. The summed E-state index contributed by atoms with van der Waals surface area (Å²) in [5, 5.41) is 3.07. The van der Waals surface area contributed by atoms with Crippen LogP contribution in [0.4, 0.5) is 16.2 Å². The third-order valence-electron chi connectivity index (χ3n) is 6.81. The zero-order valence-electron chi connectivity index (χ0n) is 23.4. The van der Waals surface area contributed by atoms with E-state index in [0.717, 1.165) is 41.2 Å². The van der Waals surface area contributed by atoms with E-state index in [9.17, 15) is 9.59 Å². The number of hydrogen-bond acceptors (Lipinski definition) is 4. The van der Waals surface area contributed by atoms with Gasteiger partial charge in [-0.3, -0.25) is 4.79 Å². The summed E-state index contributed by atoms with van der Waals surface area (Å²) < 4.78 is 5.49. The van der Waals surface area contributed by atoms with Gasteiger partial charge in [-0.05, 0) is 86.2 Å². The van der Waals surface area contributed by atoms with Crippen LogP contribution in [0.2, 0.25) is 0 Å². The number of nitrogens with zero attached hydrogens (tertiary/aromatic N) is 2. The van der Waals surface area contributed by atoms with Crippen LogP contribution in [0.3, 0.4) is 0 Å². The molecule has 0 aliphatic carbocycles. The minimum absolute atomic E-state index is 0.129. The molecule has 1 fully saturated rings. The number of aryl methyl sites for hydroxylation is 1. The van der Waals surface area contributed by atoms with Gasteiger partial charge in [-0.2, -0.15) is 0 Å². The highest BCUT2D eigenvalue weighted by Crippen LogP contribution is 2.30. The minimum Gasteiger partial charge on any atom is -0.444 e. The molecule has 0 bridgehead atoms. The van der Waals surface area contributed by atoms with Crippen LogP contribution in [0, 0.1) is 6.92 Å². The lowest BCUT2D eigenvalue weighted by molar-refractivity contribution is 0.0240. The number of ether oxygens (including phenoxy) is 1. The average molecular weight is 514 g/mol. The lowest BCUT2D eigenvalue weighted by Gasteiger charge is -2.36. The van der Waals surface area contributed by atoms with Crippen LogP contribution in [0.1, 0.15) is 62.0 Å². The van der Waals surface area contributed by atoms with E-state index in [0.29, 0.717) is 24.6 Å². The number of amides is 2. The fraction of sp³-hybridized carbons (Fsp3) is 0.375. The molecule has 3 aromatic rings. The largest absolute Gasteiger partial charge is 0.444 e. The van der Waals surface area contributed by atoms with Crippen molar-refractivity contribution in [3.63, 3.8) is 0 Å². The van der Waals surface area contributed by atoms with E-state index in [1.54, 1.807) is 4.90 Å². The Balaban J connectivity index is 1.42. The summed E-state index contributed by atoms with van der Waals surface area (Å²) in [6.45, 7) is 14.7. The summed E-state index contributed by atoms with van der Waals surface area (Å²) in [4.78, 5) is 29.7. The predicted octanol–water partition coefficient (Wildman–Crippen LogP) is 7.09. The highest BCUT2D eigenvalue weighted by molar-refractivity contribution is 6.09. The van der Waals surface area contributed by atoms with Crippen LogP contribution in [0.15, 0.2) is 66.7 Å². The number of piperazine rings is 1. The first-order valence-corrected chi connectivity index (χ1v) is 13.4. The Kier molecular flexibility index (Phi) is 8.10. The van der Waals surface area contributed by atoms with Gasteiger partial charge in [0, 0.05) is 43.1 Å². The van der Waals surface area contributed by atoms with Crippen LogP contribution in [-0.4, -0.2) is 48.7 Å². The molecule has 1 saturated heterocycles. The van der Waals surface area contributed by atoms with E-state index < -0.39 is 5.60 Å². The average Bonchev–Trinajstić information content (AvgIpc) is 2.88. The molecule has 3 aromatic carbocycles. The molecule has 0 atom stereocenters. The van der Waals surface area contributed by atoms with Crippen LogP contribution in [0.25, 0.3) is 11.1 Å². The topological polar surface area (TPSA) is 61.9 Å². The summed E-state index contributed by atoms with van der Waals surface area (Å²) >= 11 is 0. The maximum Gasteiger partial charge on any atom is 0.410 e. The Hall–Kier alpha value is -3.80. The summed E-state index contributed by atoms with van der Waals surface area (Å²) in [6.07, 6.45) is -0.262. The van der Waals surface area contributed by atoms with Crippen molar-refractivity contribution in [1.29, 1.82) is 0 Å². The number of benzene rings is 3. The highest BCUT2D eigenvalue weighted by Gasteiger charge is 2.26. The summed E-state index contributed by atoms with van der Waals surface area (Å²) in [5.74, 6) is 0.330. The summed E-state index contributed by atoms with van der Waals surface area (Å²) in [7, 11) is 0. The van der Waals surface area contributed by atoms with Crippen LogP contribution in [-0.2, 0) is 4.74 Å². The van der Waals surface area contributed by atoms with E-state index in [2.05, 4.69) is 48.3 Å². The number of anilines is 2. The van der Waals surface area contributed by atoms with Crippen molar-refractivity contribution < 1.29 is 14.3 Å². The quantitative estimate of drug-likeness (QED) is 0.395. The number of rotatable bonds is 5. The molecule has 6 heteroatoms. The molecule has 0 radical (unpaired) electrons. The molecule has 4 rings (SSSR count). The van der Waals surface area contributed by atoms with Crippen molar-refractivity contribution in [3.8, 4) is 11.1 Å². The number of hydrogen-bond donors (Lipinski definition) is 1. The molecule has 1 heterocycles. The lowest BCUT2D eigenvalue weighted by atomic mass is 9.92. The first-order valence-electron chi connectivity index (χ1n) is 13.4. The maximum atomic E-state index is 13.4. The molecule has 200 valence electrons. The van der Waals surface area contributed by atoms with Gasteiger partial charge < -0.3 is 19.9 Å². The molecule has 38 heavy (non-hydrogen) atoms. The van der Waals surface area contributed by atoms with Crippen molar-refractivity contribution in [2.45, 2.75) is 53.1 Å². The number of carbonyl (C=O) groups excluding carboxylic acids is 2. The van der Waals surface area contributed by atoms with Gasteiger partial charge in [0.25, 0.3) is 5.91 Å². The fourth-order valence-corrected chi connectivity index (χ4v) is 4.70. The summed E-state index contributed by atoms with van der Waals surface area (Å²) in [5.41, 5.74) is 6.31. The highest BCUT2D eigenvalue weighted by atomic mass is 16.6. The SMILES string of the molecule is Cc1cccc(C(=O)Nc2ccc(N3CCN(C(=O)OC(C)(C)C)CC3)cc2)c1-c1ccc(C(C)C)cc1. The third kappa shape index (κ3) is 6.55. The lowest BCUT2D eigenvalue weighted by Crippen LogP contribution is -2.50. The molecule has 1 N–H and O–H groups in total. The molecule has 1 aliphatic rings. The molecule has 6 nitrogen and oxygen atoms in total. The number of carbonyl (C=O) groups is 2. The molecule has 0 unspecified atom stereocenters. The maximum absolute atomic E-state index is 13.4. The molecule has 2 amide bonds. The molecule has 1 aliphatic heterocycles. The Morgan fingerprint density at radius 2 is 1.50 bits per heavy atom. The van der Waals surface area contributed by atoms with Crippen molar-refractivity contribution >= 4 is 23.4 Å². The van der Waals surface area contributed by atoms with E-state index in [1.165, 1.54) is 5.56 Å². The van der Waals surface area contributed by atoms with Crippen molar-refractivity contribution in [2.24, 2.45) is 0 Å². The monoisotopic (exact) mass is 513 g/mol. The van der Waals surface area contributed by atoms with Gasteiger partial charge in [0.2, 0.25) is 0 Å². The van der Waals surface area contributed by atoms with Crippen LogP contribution < -0.4 is 10.2 Å². The van der Waals surface area contributed by atoms with E-state index in [-0.39, 0.29) is 12.0 Å². The first-order chi connectivity index (χ1) is 18.0. The molecular weight excluding hydrogens is 474 g/mol. The van der Waals surface area contributed by atoms with Gasteiger partial charge in [0.15, 0.2) is 0 Å². The van der Waals surface area contributed by atoms with Gasteiger partial charge in [-0.1, -0.05) is 50.2 Å². The smallest absolute Gasteiger partial charge is 0.410 e. The minimum atomic E-state index is -0.494. The second-order valence-corrected chi connectivity index (χ2v) is 11.2. The Morgan fingerprint density at radius 3 is 2.08 bits per heavy atom. The summed E-state index contributed by atoms with van der Waals surface area (Å²) in [6, 6.07) is 22.2. The second kappa shape index (κ2) is 11.3. The van der Waals surface area contributed by atoms with Crippen molar-refractivity contribution in [3.05, 3.63) is 83.4 Å². The van der Waals surface area contributed by atoms with E-state index in [4.69, 9.17) is 4.74 Å². The van der Waals surface area contributed by atoms with Crippen molar-refractivity contribution in [2.75, 3.05) is 36.4 Å². The van der Waals surface area contributed by atoms with Crippen LogP contribution in [0.5, 0.6) is 0 Å². The van der Waals surface area contributed by atoms with Crippen LogP contribution >= 0.6 is 0 Å². The Labute approximate surface area is 226 Å². The molecule has 0 spiro atoms. The van der Waals surface area contributed by atoms with E-state index in [1.807, 2.05) is 70.2 Å². The first kappa shape index (κ1) is 27.2. The fourth-order valence-electron chi connectivity index (χ4n) is 4.70. The molecular formula is C32H39N3O3. The Morgan fingerprint density at radius 1 is 0.868 bits per heavy atom. The Bertz CT molecular complexity index is 1270. The molecule has 0 aromatic heterocycles. The molecule has 0 saturated carbocycles.